The van der Waals surface area contributed by atoms with E-state index in [0.29, 0.717) is 16.7 Å². The summed E-state index contributed by atoms with van der Waals surface area (Å²) in [5, 5.41) is 0. The van der Waals surface area contributed by atoms with Crippen molar-refractivity contribution in [2.45, 2.75) is 24.7 Å². The normalized spacial score (nSPS) is 21.5. The average molecular weight is 469 g/mol. The minimum Gasteiger partial charge on any atom is -0.298 e. The van der Waals surface area contributed by atoms with Gasteiger partial charge in [-0.1, -0.05) is 109 Å². The van der Waals surface area contributed by atoms with Crippen molar-refractivity contribution in [3.8, 4) is 0 Å². The molecule has 0 saturated heterocycles. The Kier molecular flexibility index (Phi) is 4.81. The number of carbonyl (C=O) groups is 3. The summed E-state index contributed by atoms with van der Waals surface area (Å²) in [6.07, 6.45) is 0. The maximum Gasteiger partial charge on any atom is 0.191 e. The summed E-state index contributed by atoms with van der Waals surface area (Å²) >= 11 is 0. The van der Waals surface area contributed by atoms with Crippen LogP contribution < -0.4 is 0 Å². The second-order valence-electron chi connectivity index (χ2n) is 9.66. The topological polar surface area (TPSA) is 51.2 Å². The molecule has 0 fully saturated rings. The number of Topliss-reactive ketones (excluding diaryl/α,β-unsaturated/α-hetero) is 3. The van der Waals surface area contributed by atoms with Crippen LogP contribution in [0, 0.1) is 0 Å². The summed E-state index contributed by atoms with van der Waals surface area (Å²) in [5.74, 6) is -0.700. The predicted molar refractivity (Wildman–Crippen MR) is 139 cm³/mol. The van der Waals surface area contributed by atoms with E-state index in [9.17, 15) is 14.4 Å². The SMILES string of the molecule is CC(=O)C12C(C(=O)c3ccccc3)=C(C(=O)c3ccccc3)C(C)(c3ccccc31)c1ccccc12. The van der Waals surface area contributed by atoms with Gasteiger partial charge in [-0.05, 0) is 36.1 Å². The second kappa shape index (κ2) is 7.82. The van der Waals surface area contributed by atoms with Crippen molar-refractivity contribution in [1.82, 2.24) is 0 Å². The molecule has 0 aliphatic heterocycles. The minimum atomic E-state index is -1.38. The van der Waals surface area contributed by atoms with Crippen LogP contribution in [-0.2, 0) is 15.6 Å². The fraction of sp³-hybridized carbons (Fsp3) is 0.121. The molecule has 0 heterocycles. The smallest absolute Gasteiger partial charge is 0.191 e. The molecule has 4 aromatic carbocycles. The standard InChI is InChI=1S/C33H24O3/c1-21(34)33-26-19-11-9-17-24(26)32(2,25-18-10-12-20-27(25)33)28(30(35)22-13-5-3-6-14-22)29(33)31(36)23-15-7-4-8-16-23/h3-20H,1-2H3. The monoisotopic (exact) mass is 468 g/mol. The fourth-order valence-corrected chi connectivity index (χ4v) is 6.41. The lowest BCUT2D eigenvalue weighted by Gasteiger charge is -2.54. The zero-order valence-electron chi connectivity index (χ0n) is 20.1. The van der Waals surface area contributed by atoms with Crippen molar-refractivity contribution in [2.75, 3.05) is 0 Å². The highest BCUT2D eigenvalue weighted by atomic mass is 16.1. The fourth-order valence-electron chi connectivity index (χ4n) is 6.41. The zero-order valence-corrected chi connectivity index (χ0v) is 20.1. The van der Waals surface area contributed by atoms with Crippen LogP contribution in [0.25, 0.3) is 0 Å². The van der Waals surface area contributed by atoms with Gasteiger partial charge < -0.3 is 0 Å². The number of allylic oxidation sites excluding steroid dienone is 2. The van der Waals surface area contributed by atoms with Gasteiger partial charge in [0, 0.05) is 27.7 Å². The van der Waals surface area contributed by atoms with Gasteiger partial charge >= 0.3 is 0 Å². The maximum absolute atomic E-state index is 14.4. The number of rotatable bonds is 5. The number of carbonyl (C=O) groups excluding carboxylic acids is 3. The molecule has 174 valence electrons. The molecule has 0 spiro atoms. The van der Waals surface area contributed by atoms with E-state index in [1.54, 1.807) is 36.4 Å². The Morgan fingerprint density at radius 3 is 1.28 bits per heavy atom. The van der Waals surface area contributed by atoms with Crippen molar-refractivity contribution in [1.29, 1.82) is 0 Å². The van der Waals surface area contributed by atoms with Crippen LogP contribution in [0.4, 0.5) is 0 Å². The Bertz CT molecular complexity index is 1550. The van der Waals surface area contributed by atoms with Crippen molar-refractivity contribution in [3.63, 3.8) is 0 Å². The maximum atomic E-state index is 14.4. The first kappa shape index (κ1) is 22.1. The quantitative estimate of drug-likeness (QED) is 0.325. The molecular weight excluding hydrogens is 444 g/mol. The Labute approximate surface area is 210 Å². The Morgan fingerprint density at radius 2 is 0.861 bits per heavy atom. The van der Waals surface area contributed by atoms with Gasteiger partial charge in [0.05, 0.1) is 0 Å². The molecule has 0 atom stereocenters. The van der Waals surface area contributed by atoms with Gasteiger partial charge in [-0.2, -0.15) is 0 Å². The molecule has 3 nitrogen and oxygen atoms in total. The van der Waals surface area contributed by atoms with E-state index in [1.165, 1.54) is 6.92 Å². The lowest BCUT2D eigenvalue weighted by Crippen LogP contribution is -2.56. The molecule has 7 rings (SSSR count). The molecule has 0 N–H and O–H groups in total. The first-order valence-corrected chi connectivity index (χ1v) is 12.1. The van der Waals surface area contributed by atoms with Gasteiger partial charge in [0.2, 0.25) is 0 Å². The van der Waals surface area contributed by atoms with Gasteiger partial charge in [-0.25, -0.2) is 0 Å². The van der Waals surface area contributed by atoms with E-state index in [-0.39, 0.29) is 22.9 Å². The third-order valence-electron chi connectivity index (χ3n) is 7.92. The molecule has 3 aliphatic carbocycles. The Balaban J connectivity index is 1.82. The average Bonchev–Trinajstić information content (AvgIpc) is 2.93. The van der Waals surface area contributed by atoms with Crippen LogP contribution in [-0.4, -0.2) is 17.3 Å². The first-order valence-electron chi connectivity index (χ1n) is 12.1. The van der Waals surface area contributed by atoms with E-state index >= 15 is 0 Å². The highest BCUT2D eigenvalue weighted by Gasteiger charge is 2.63. The molecule has 0 saturated carbocycles. The molecule has 3 heteroatoms. The van der Waals surface area contributed by atoms with E-state index in [2.05, 4.69) is 0 Å². The number of hydrogen-bond donors (Lipinski definition) is 0. The summed E-state index contributed by atoms with van der Waals surface area (Å²) in [6, 6.07) is 33.5. The lowest BCUT2D eigenvalue weighted by molar-refractivity contribution is -0.120. The van der Waals surface area contributed by atoms with Gasteiger partial charge in [-0.15, -0.1) is 0 Å². The predicted octanol–water partition coefficient (Wildman–Crippen LogP) is 6.26. The van der Waals surface area contributed by atoms with Crippen LogP contribution in [0.2, 0.25) is 0 Å². The number of ketones is 3. The van der Waals surface area contributed by atoms with Crippen LogP contribution in [0.1, 0.15) is 56.8 Å². The summed E-state index contributed by atoms with van der Waals surface area (Å²) in [7, 11) is 0. The van der Waals surface area contributed by atoms with Gasteiger partial charge in [0.15, 0.2) is 11.6 Å². The Morgan fingerprint density at radius 1 is 0.500 bits per heavy atom. The van der Waals surface area contributed by atoms with Crippen molar-refractivity contribution < 1.29 is 14.4 Å². The summed E-state index contributed by atoms with van der Waals surface area (Å²) in [5.41, 5.74) is 2.67. The third-order valence-corrected chi connectivity index (χ3v) is 7.92. The molecule has 4 aromatic rings. The second-order valence-corrected chi connectivity index (χ2v) is 9.66. The summed E-state index contributed by atoms with van der Waals surface area (Å²) < 4.78 is 0. The molecule has 0 amide bonds. The highest BCUT2D eigenvalue weighted by Crippen LogP contribution is 2.62. The van der Waals surface area contributed by atoms with Crippen LogP contribution >= 0.6 is 0 Å². The van der Waals surface area contributed by atoms with Crippen LogP contribution in [0.5, 0.6) is 0 Å². The first-order chi connectivity index (χ1) is 17.4. The molecule has 36 heavy (non-hydrogen) atoms. The Hall–Kier alpha value is -4.37. The lowest BCUT2D eigenvalue weighted by atomic mass is 9.45. The van der Waals surface area contributed by atoms with Crippen molar-refractivity contribution in [2.24, 2.45) is 0 Å². The highest BCUT2D eigenvalue weighted by molar-refractivity contribution is 6.26. The number of benzene rings is 4. The van der Waals surface area contributed by atoms with Crippen LogP contribution in [0.15, 0.2) is 120 Å². The third kappa shape index (κ3) is 2.66. The summed E-state index contributed by atoms with van der Waals surface area (Å²) in [6.45, 7) is 3.55. The molecule has 0 radical (unpaired) electrons. The van der Waals surface area contributed by atoms with E-state index in [0.717, 1.165) is 22.3 Å². The molecule has 2 bridgehead atoms. The molecule has 0 unspecified atom stereocenters. The van der Waals surface area contributed by atoms with E-state index < -0.39 is 10.8 Å². The minimum absolute atomic E-state index is 0.179. The van der Waals surface area contributed by atoms with Crippen molar-refractivity contribution in [3.05, 3.63) is 154 Å². The molecule has 0 aromatic heterocycles. The van der Waals surface area contributed by atoms with E-state index in [1.807, 2.05) is 79.7 Å². The molecule has 3 aliphatic rings. The zero-order chi connectivity index (χ0) is 25.1. The number of hydrogen-bond acceptors (Lipinski definition) is 3. The molecular formula is C33H24O3. The van der Waals surface area contributed by atoms with Crippen LogP contribution in [0.3, 0.4) is 0 Å². The van der Waals surface area contributed by atoms with Crippen molar-refractivity contribution >= 4 is 17.3 Å². The van der Waals surface area contributed by atoms with Gasteiger partial charge in [0.25, 0.3) is 0 Å². The van der Waals surface area contributed by atoms with Gasteiger partial charge in [-0.3, -0.25) is 14.4 Å². The van der Waals surface area contributed by atoms with E-state index in [4.69, 9.17) is 0 Å². The summed E-state index contributed by atoms with van der Waals surface area (Å²) in [4.78, 5) is 42.8. The van der Waals surface area contributed by atoms with Gasteiger partial charge in [0.1, 0.15) is 11.2 Å². The largest absolute Gasteiger partial charge is 0.298 e.